The Morgan fingerprint density at radius 2 is 2.41 bits per heavy atom. The van der Waals surface area contributed by atoms with Gasteiger partial charge in [-0.05, 0) is 13.3 Å². The molecular weight excluding hydrogens is 238 g/mol. The third kappa shape index (κ3) is 2.87. The summed E-state index contributed by atoms with van der Waals surface area (Å²) in [5.41, 5.74) is 1.96. The Hall–Kier alpha value is -0.870. The Morgan fingerprint density at radius 3 is 3.06 bits per heavy atom. The lowest BCUT2D eigenvalue weighted by atomic mass is 10.2. The van der Waals surface area contributed by atoms with Crippen LogP contribution >= 0.6 is 11.6 Å². The highest BCUT2D eigenvalue weighted by Crippen LogP contribution is 2.16. The summed E-state index contributed by atoms with van der Waals surface area (Å²) in [7, 11) is 0. The molecule has 5 heteroatoms. The number of nitrogens with zero attached hydrogens (tertiary/aromatic N) is 3. The van der Waals surface area contributed by atoms with Crippen LogP contribution in [-0.2, 0) is 10.6 Å². The van der Waals surface area contributed by atoms with Crippen LogP contribution in [0.15, 0.2) is 6.20 Å². The van der Waals surface area contributed by atoms with Crippen LogP contribution in [0.5, 0.6) is 0 Å². The van der Waals surface area contributed by atoms with Gasteiger partial charge in [0.15, 0.2) is 0 Å². The lowest BCUT2D eigenvalue weighted by molar-refractivity contribution is 0.0378. The average molecular weight is 256 g/mol. The molecule has 1 fully saturated rings. The minimum absolute atomic E-state index is 0.292. The van der Waals surface area contributed by atoms with E-state index in [1.54, 1.807) is 0 Å². The smallest absolute Gasteiger partial charge is 0.225 e. The van der Waals surface area contributed by atoms with Gasteiger partial charge in [0.1, 0.15) is 0 Å². The molecule has 0 amide bonds. The maximum Gasteiger partial charge on any atom is 0.225 e. The molecule has 1 unspecified atom stereocenters. The molecule has 0 bridgehead atoms. The maximum absolute atomic E-state index is 5.80. The predicted octanol–water partition coefficient (Wildman–Crippen LogP) is 2.14. The molecule has 1 aliphatic heterocycles. The number of anilines is 1. The van der Waals surface area contributed by atoms with Gasteiger partial charge in [0.2, 0.25) is 5.95 Å². The quantitative estimate of drug-likeness (QED) is 0.776. The van der Waals surface area contributed by atoms with Crippen molar-refractivity contribution >= 4 is 17.5 Å². The number of rotatable bonds is 3. The van der Waals surface area contributed by atoms with E-state index in [4.69, 9.17) is 16.3 Å². The zero-order valence-corrected chi connectivity index (χ0v) is 11.1. The van der Waals surface area contributed by atoms with Crippen molar-refractivity contribution < 1.29 is 4.74 Å². The topological polar surface area (TPSA) is 38.2 Å². The molecule has 0 N–H and O–H groups in total. The lowest BCUT2D eigenvalue weighted by Crippen LogP contribution is -2.43. The zero-order chi connectivity index (χ0) is 12.3. The summed E-state index contributed by atoms with van der Waals surface area (Å²) >= 11 is 5.80. The van der Waals surface area contributed by atoms with Gasteiger partial charge in [-0.15, -0.1) is 11.6 Å². The van der Waals surface area contributed by atoms with E-state index < -0.39 is 0 Å². The molecule has 4 nitrogen and oxygen atoms in total. The van der Waals surface area contributed by atoms with Crippen molar-refractivity contribution in [1.82, 2.24) is 9.97 Å². The van der Waals surface area contributed by atoms with Crippen LogP contribution in [0.4, 0.5) is 5.95 Å². The van der Waals surface area contributed by atoms with Crippen molar-refractivity contribution in [2.45, 2.75) is 32.3 Å². The first-order chi connectivity index (χ1) is 8.24. The van der Waals surface area contributed by atoms with Gasteiger partial charge in [-0.25, -0.2) is 9.97 Å². The van der Waals surface area contributed by atoms with Crippen LogP contribution in [0.2, 0.25) is 0 Å². The maximum atomic E-state index is 5.80. The third-order valence-corrected chi connectivity index (χ3v) is 3.38. The largest absolute Gasteiger partial charge is 0.375 e. The molecule has 94 valence electrons. The van der Waals surface area contributed by atoms with Crippen LogP contribution in [0.1, 0.15) is 24.6 Å². The van der Waals surface area contributed by atoms with Crippen LogP contribution in [0.3, 0.4) is 0 Å². The second-order valence-electron chi connectivity index (χ2n) is 4.26. The number of morpholine rings is 1. The monoisotopic (exact) mass is 255 g/mol. The summed E-state index contributed by atoms with van der Waals surface area (Å²) in [4.78, 5) is 11.1. The number of alkyl halides is 1. The normalized spacial score (nSPS) is 20.6. The minimum Gasteiger partial charge on any atom is -0.375 e. The van der Waals surface area contributed by atoms with Crippen molar-refractivity contribution in [1.29, 1.82) is 0 Å². The lowest BCUT2D eigenvalue weighted by Gasteiger charge is -2.32. The number of aryl methyl sites for hydroxylation is 1. The van der Waals surface area contributed by atoms with Gasteiger partial charge in [-0.3, -0.25) is 0 Å². The summed E-state index contributed by atoms with van der Waals surface area (Å²) in [6, 6.07) is 0. The van der Waals surface area contributed by atoms with Gasteiger partial charge >= 0.3 is 0 Å². The average Bonchev–Trinajstić information content (AvgIpc) is 2.38. The predicted molar refractivity (Wildman–Crippen MR) is 68.6 cm³/mol. The molecule has 1 aromatic heterocycles. The minimum atomic E-state index is 0.292. The van der Waals surface area contributed by atoms with Crippen LogP contribution in [0.25, 0.3) is 0 Å². The molecule has 0 aliphatic carbocycles. The number of hydrogen-bond acceptors (Lipinski definition) is 4. The molecule has 17 heavy (non-hydrogen) atoms. The molecule has 1 aliphatic rings. The Morgan fingerprint density at radius 1 is 1.59 bits per heavy atom. The molecule has 2 heterocycles. The van der Waals surface area contributed by atoms with Gasteiger partial charge in [0, 0.05) is 30.5 Å². The first kappa shape index (κ1) is 12.6. The summed E-state index contributed by atoms with van der Waals surface area (Å²) in [6.07, 6.45) is 3.14. The first-order valence-electron chi connectivity index (χ1n) is 5.99. The van der Waals surface area contributed by atoms with Crippen molar-refractivity contribution in [3.63, 3.8) is 0 Å². The fourth-order valence-electron chi connectivity index (χ4n) is 1.91. The molecular formula is C12H18ClN3O. The van der Waals surface area contributed by atoms with Crippen molar-refractivity contribution in [2.75, 3.05) is 24.6 Å². The van der Waals surface area contributed by atoms with E-state index in [0.717, 1.165) is 43.3 Å². The molecule has 0 spiro atoms. The van der Waals surface area contributed by atoms with E-state index in [2.05, 4.69) is 21.8 Å². The molecule has 0 saturated carbocycles. The molecule has 1 atom stereocenters. The SMILES string of the molecule is CCC1CN(c2ncc(CCl)c(C)n2)CCO1. The second-order valence-corrected chi connectivity index (χ2v) is 4.53. The van der Waals surface area contributed by atoms with E-state index in [-0.39, 0.29) is 0 Å². The van der Waals surface area contributed by atoms with Crippen LogP contribution < -0.4 is 4.90 Å². The van der Waals surface area contributed by atoms with E-state index in [1.807, 2.05) is 13.1 Å². The number of ether oxygens (including phenoxy) is 1. The summed E-state index contributed by atoms with van der Waals surface area (Å²) in [6.45, 7) is 6.59. The van der Waals surface area contributed by atoms with Crippen LogP contribution in [0, 0.1) is 6.92 Å². The van der Waals surface area contributed by atoms with Crippen molar-refractivity contribution in [2.24, 2.45) is 0 Å². The Balaban J connectivity index is 2.13. The fraction of sp³-hybridized carbons (Fsp3) is 0.667. The number of aromatic nitrogens is 2. The Bertz CT molecular complexity index is 386. The van der Waals surface area contributed by atoms with Crippen LogP contribution in [-0.4, -0.2) is 35.8 Å². The highest BCUT2D eigenvalue weighted by Gasteiger charge is 2.21. The summed E-state index contributed by atoms with van der Waals surface area (Å²) in [5.74, 6) is 1.26. The van der Waals surface area contributed by atoms with E-state index >= 15 is 0 Å². The van der Waals surface area contributed by atoms with Gasteiger partial charge in [-0.2, -0.15) is 0 Å². The summed E-state index contributed by atoms with van der Waals surface area (Å²) in [5, 5.41) is 0. The van der Waals surface area contributed by atoms with E-state index in [9.17, 15) is 0 Å². The highest BCUT2D eigenvalue weighted by molar-refractivity contribution is 6.17. The third-order valence-electron chi connectivity index (χ3n) is 3.09. The summed E-state index contributed by atoms with van der Waals surface area (Å²) < 4.78 is 5.64. The first-order valence-corrected chi connectivity index (χ1v) is 6.53. The fourth-order valence-corrected chi connectivity index (χ4v) is 2.17. The molecule has 1 saturated heterocycles. The van der Waals surface area contributed by atoms with Crippen molar-refractivity contribution in [3.05, 3.63) is 17.5 Å². The number of hydrogen-bond donors (Lipinski definition) is 0. The standard InChI is InChI=1S/C12H18ClN3O/c1-3-11-8-16(4-5-17-11)12-14-7-10(6-13)9(2)15-12/h7,11H,3-6,8H2,1-2H3. The Labute approximate surface area is 107 Å². The van der Waals surface area contributed by atoms with Gasteiger partial charge in [-0.1, -0.05) is 6.92 Å². The number of halogens is 1. The van der Waals surface area contributed by atoms with E-state index in [0.29, 0.717) is 12.0 Å². The Kier molecular flexibility index (Phi) is 4.18. The zero-order valence-electron chi connectivity index (χ0n) is 10.3. The van der Waals surface area contributed by atoms with Gasteiger partial charge in [0.25, 0.3) is 0 Å². The molecule has 1 aromatic rings. The second kappa shape index (κ2) is 5.65. The van der Waals surface area contributed by atoms with Gasteiger partial charge in [0.05, 0.1) is 18.6 Å². The molecule has 0 radical (unpaired) electrons. The van der Waals surface area contributed by atoms with E-state index in [1.165, 1.54) is 0 Å². The van der Waals surface area contributed by atoms with Crippen molar-refractivity contribution in [3.8, 4) is 0 Å². The molecule has 0 aromatic carbocycles. The van der Waals surface area contributed by atoms with Gasteiger partial charge < -0.3 is 9.64 Å². The molecule has 2 rings (SSSR count). The highest BCUT2D eigenvalue weighted by atomic mass is 35.5.